The molecule has 1 aromatic heterocycles. The molecule has 0 aliphatic rings. The highest BCUT2D eigenvalue weighted by Gasteiger charge is 2.20. The SMILES string of the molecule is Cc1c(Cl)cnc(NC(=O)COC(=O)c2ccccc2C(=O)c2ccccc2)c1Cl. The van der Waals surface area contributed by atoms with E-state index in [1.165, 1.54) is 18.3 Å². The highest BCUT2D eigenvalue weighted by molar-refractivity contribution is 6.37. The third-order valence-corrected chi connectivity index (χ3v) is 5.07. The third-order valence-electron chi connectivity index (χ3n) is 4.22. The molecule has 3 rings (SSSR count). The standard InChI is InChI=1S/C22H16Cl2N2O4/c1-13-17(23)11-25-21(19(13)24)26-18(27)12-30-22(29)16-10-6-5-9-15(16)20(28)14-7-3-2-4-8-14/h2-11H,12H2,1H3,(H,25,26,27). The topological polar surface area (TPSA) is 85.4 Å². The maximum atomic E-state index is 12.7. The van der Waals surface area contributed by atoms with Gasteiger partial charge in [-0.1, -0.05) is 71.7 Å². The first-order chi connectivity index (χ1) is 14.4. The van der Waals surface area contributed by atoms with Crippen molar-refractivity contribution >= 4 is 46.7 Å². The zero-order valence-corrected chi connectivity index (χ0v) is 17.3. The zero-order chi connectivity index (χ0) is 21.7. The molecular weight excluding hydrogens is 427 g/mol. The molecule has 3 aromatic rings. The molecule has 0 fully saturated rings. The minimum atomic E-state index is -0.795. The fourth-order valence-corrected chi connectivity index (χ4v) is 3.01. The van der Waals surface area contributed by atoms with Crippen molar-refractivity contribution in [2.45, 2.75) is 6.92 Å². The predicted octanol–water partition coefficient (Wildman–Crippen LogP) is 4.72. The molecule has 0 atom stereocenters. The molecule has 1 amide bonds. The Bertz CT molecular complexity index is 1120. The Kier molecular flexibility index (Phi) is 6.82. The quantitative estimate of drug-likeness (QED) is 0.440. The van der Waals surface area contributed by atoms with Gasteiger partial charge in [0.2, 0.25) is 0 Å². The minimum absolute atomic E-state index is 0.0673. The van der Waals surface area contributed by atoms with Crippen LogP contribution in [0.1, 0.15) is 31.8 Å². The van der Waals surface area contributed by atoms with Crippen LogP contribution in [-0.4, -0.2) is 29.3 Å². The number of carbonyl (C=O) groups is 3. The second kappa shape index (κ2) is 9.52. The van der Waals surface area contributed by atoms with Crippen LogP contribution >= 0.6 is 23.2 Å². The molecule has 0 bridgehead atoms. The van der Waals surface area contributed by atoms with Crippen LogP contribution in [0.4, 0.5) is 5.82 Å². The lowest BCUT2D eigenvalue weighted by Crippen LogP contribution is -2.22. The lowest BCUT2D eigenvalue weighted by atomic mass is 9.98. The summed E-state index contributed by atoms with van der Waals surface area (Å²) in [7, 11) is 0. The van der Waals surface area contributed by atoms with Crippen molar-refractivity contribution in [3.05, 3.63) is 93.1 Å². The largest absolute Gasteiger partial charge is 0.452 e. The van der Waals surface area contributed by atoms with E-state index in [-0.39, 0.29) is 27.8 Å². The number of amides is 1. The lowest BCUT2D eigenvalue weighted by molar-refractivity contribution is -0.119. The van der Waals surface area contributed by atoms with Gasteiger partial charge < -0.3 is 10.1 Å². The van der Waals surface area contributed by atoms with Crippen molar-refractivity contribution in [1.82, 2.24) is 4.98 Å². The summed E-state index contributed by atoms with van der Waals surface area (Å²) in [6, 6.07) is 14.8. The van der Waals surface area contributed by atoms with Gasteiger partial charge in [0, 0.05) is 17.3 Å². The highest BCUT2D eigenvalue weighted by atomic mass is 35.5. The number of halogens is 2. The molecular formula is C22H16Cl2N2O4. The molecule has 0 spiro atoms. The summed E-state index contributed by atoms with van der Waals surface area (Å²) in [5, 5.41) is 3.02. The number of hydrogen-bond acceptors (Lipinski definition) is 5. The normalized spacial score (nSPS) is 10.4. The number of ketones is 1. The summed E-state index contributed by atoms with van der Waals surface area (Å²) in [5.74, 6) is -1.64. The Morgan fingerprint density at radius 2 is 1.60 bits per heavy atom. The van der Waals surface area contributed by atoms with Gasteiger partial charge in [0.05, 0.1) is 15.6 Å². The Balaban J connectivity index is 1.69. The molecule has 2 aromatic carbocycles. The molecule has 0 radical (unpaired) electrons. The Morgan fingerprint density at radius 1 is 0.967 bits per heavy atom. The highest BCUT2D eigenvalue weighted by Crippen LogP contribution is 2.28. The number of benzene rings is 2. The van der Waals surface area contributed by atoms with Gasteiger partial charge in [-0.15, -0.1) is 0 Å². The third kappa shape index (κ3) is 4.84. The Morgan fingerprint density at radius 3 is 2.30 bits per heavy atom. The van der Waals surface area contributed by atoms with Crippen LogP contribution < -0.4 is 5.32 Å². The van der Waals surface area contributed by atoms with E-state index in [9.17, 15) is 14.4 Å². The smallest absolute Gasteiger partial charge is 0.339 e. The number of anilines is 1. The number of ether oxygens (including phenoxy) is 1. The lowest BCUT2D eigenvalue weighted by Gasteiger charge is -2.11. The van der Waals surface area contributed by atoms with Crippen LogP contribution in [0.25, 0.3) is 0 Å². The minimum Gasteiger partial charge on any atom is -0.452 e. The summed E-state index contributed by atoms with van der Waals surface area (Å²) in [4.78, 5) is 41.3. The average Bonchev–Trinajstić information content (AvgIpc) is 2.78. The first-order valence-electron chi connectivity index (χ1n) is 8.85. The summed E-state index contributed by atoms with van der Waals surface area (Å²) in [6.07, 6.45) is 1.36. The van der Waals surface area contributed by atoms with E-state index in [1.807, 2.05) is 0 Å². The van der Waals surface area contributed by atoms with Crippen LogP contribution in [0, 0.1) is 6.92 Å². The fraction of sp³-hybridized carbons (Fsp3) is 0.0909. The van der Waals surface area contributed by atoms with Gasteiger partial charge in [-0.3, -0.25) is 9.59 Å². The molecule has 152 valence electrons. The van der Waals surface area contributed by atoms with E-state index in [1.54, 1.807) is 49.4 Å². The van der Waals surface area contributed by atoms with Gasteiger partial charge in [0.15, 0.2) is 18.2 Å². The molecule has 0 saturated heterocycles. The van der Waals surface area contributed by atoms with E-state index in [2.05, 4.69) is 10.3 Å². The summed E-state index contributed by atoms with van der Waals surface area (Å²) in [6.45, 7) is 1.11. The number of aromatic nitrogens is 1. The molecule has 0 aliphatic heterocycles. The molecule has 8 heteroatoms. The van der Waals surface area contributed by atoms with Gasteiger partial charge in [-0.25, -0.2) is 9.78 Å². The zero-order valence-electron chi connectivity index (χ0n) is 15.8. The van der Waals surface area contributed by atoms with Gasteiger partial charge in [0.1, 0.15) is 0 Å². The van der Waals surface area contributed by atoms with Gasteiger partial charge >= 0.3 is 5.97 Å². The maximum Gasteiger partial charge on any atom is 0.339 e. The van der Waals surface area contributed by atoms with Crippen LogP contribution in [0.15, 0.2) is 60.8 Å². The van der Waals surface area contributed by atoms with Crippen molar-refractivity contribution in [3.8, 4) is 0 Å². The molecule has 0 aliphatic carbocycles. The van der Waals surface area contributed by atoms with E-state index in [0.717, 1.165) is 0 Å². The Hall–Kier alpha value is -3.22. The number of hydrogen-bond donors (Lipinski definition) is 1. The molecule has 1 heterocycles. The first-order valence-corrected chi connectivity index (χ1v) is 9.60. The van der Waals surface area contributed by atoms with E-state index in [4.69, 9.17) is 27.9 Å². The molecule has 0 unspecified atom stereocenters. The number of carbonyl (C=O) groups excluding carboxylic acids is 3. The van der Waals surface area contributed by atoms with Gasteiger partial charge in [-0.05, 0) is 18.6 Å². The number of nitrogens with zero attached hydrogens (tertiary/aromatic N) is 1. The van der Waals surface area contributed by atoms with E-state index < -0.39 is 18.5 Å². The second-order valence-corrected chi connectivity index (χ2v) is 7.04. The molecule has 30 heavy (non-hydrogen) atoms. The van der Waals surface area contributed by atoms with Crippen molar-refractivity contribution in [2.75, 3.05) is 11.9 Å². The monoisotopic (exact) mass is 442 g/mol. The number of pyridine rings is 1. The van der Waals surface area contributed by atoms with E-state index in [0.29, 0.717) is 16.1 Å². The average molecular weight is 443 g/mol. The molecule has 6 nitrogen and oxygen atoms in total. The maximum absolute atomic E-state index is 12.7. The summed E-state index contributed by atoms with van der Waals surface area (Å²) >= 11 is 12.0. The van der Waals surface area contributed by atoms with Crippen LogP contribution in [0.2, 0.25) is 10.0 Å². The van der Waals surface area contributed by atoms with Crippen LogP contribution in [0.3, 0.4) is 0 Å². The van der Waals surface area contributed by atoms with Gasteiger partial charge in [0.25, 0.3) is 5.91 Å². The summed E-state index contributed by atoms with van der Waals surface area (Å²) in [5.41, 5.74) is 1.26. The van der Waals surface area contributed by atoms with Crippen LogP contribution in [0.5, 0.6) is 0 Å². The first kappa shape index (κ1) is 21.5. The number of esters is 1. The number of rotatable bonds is 6. The van der Waals surface area contributed by atoms with Gasteiger partial charge in [-0.2, -0.15) is 0 Å². The molecule has 0 saturated carbocycles. The number of nitrogens with one attached hydrogen (secondary N) is 1. The Labute approximate surface area is 182 Å². The van der Waals surface area contributed by atoms with E-state index >= 15 is 0 Å². The van der Waals surface area contributed by atoms with Crippen molar-refractivity contribution in [1.29, 1.82) is 0 Å². The van der Waals surface area contributed by atoms with Crippen molar-refractivity contribution in [3.63, 3.8) is 0 Å². The summed E-state index contributed by atoms with van der Waals surface area (Å²) < 4.78 is 5.08. The predicted molar refractivity (Wildman–Crippen MR) is 114 cm³/mol. The van der Waals surface area contributed by atoms with Crippen molar-refractivity contribution in [2.24, 2.45) is 0 Å². The molecule has 1 N–H and O–H groups in total. The van der Waals surface area contributed by atoms with Crippen LogP contribution in [-0.2, 0) is 9.53 Å². The second-order valence-electron chi connectivity index (χ2n) is 6.26. The fourth-order valence-electron chi connectivity index (χ4n) is 2.63. The van der Waals surface area contributed by atoms with Crippen molar-refractivity contribution < 1.29 is 19.1 Å².